The molecule has 120 valence electrons. The van der Waals surface area contributed by atoms with Crippen LogP contribution in [0.5, 0.6) is 0 Å². The molecule has 0 heterocycles. The molecule has 2 amide bonds. The summed E-state index contributed by atoms with van der Waals surface area (Å²) in [4.78, 5) is 22.3. The highest BCUT2D eigenvalue weighted by Gasteiger charge is 2.33. The van der Waals surface area contributed by atoms with Crippen LogP contribution in [-0.2, 0) is 15.8 Å². The van der Waals surface area contributed by atoms with Crippen molar-refractivity contribution in [2.45, 2.75) is 26.4 Å². The minimum absolute atomic E-state index is 0.0333. The Morgan fingerprint density at radius 2 is 1.91 bits per heavy atom. The Morgan fingerprint density at radius 1 is 1.27 bits per heavy atom. The Bertz CT molecular complexity index is 615. The third-order valence-corrected chi connectivity index (χ3v) is 2.71. The Balaban J connectivity index is 2.77. The minimum atomic E-state index is -4.61. The number of nitrogens with zero attached hydrogens (tertiary/aromatic N) is 1. The Hall–Kier alpha value is -2.09. The first-order valence-corrected chi connectivity index (χ1v) is 6.43. The van der Waals surface area contributed by atoms with Crippen LogP contribution in [0.1, 0.15) is 25.8 Å². The van der Waals surface area contributed by atoms with Crippen LogP contribution in [0.3, 0.4) is 0 Å². The van der Waals surface area contributed by atoms with Gasteiger partial charge < -0.3 is 5.32 Å². The number of hydrogen-bond donors (Lipinski definition) is 2. The van der Waals surface area contributed by atoms with Gasteiger partial charge in [-0.2, -0.15) is 18.3 Å². The molecule has 0 spiro atoms. The number of alkyl halides is 3. The molecule has 0 bridgehead atoms. The maximum Gasteiger partial charge on any atom is 0.417 e. The topological polar surface area (TPSA) is 70.6 Å². The summed E-state index contributed by atoms with van der Waals surface area (Å²) in [6.45, 7) is 2.75. The number of rotatable bonds is 4. The number of amides is 2. The third kappa shape index (κ3) is 5.72. The molecular formula is C13H13ClF3N3O2. The quantitative estimate of drug-likeness (QED) is 0.655. The molecule has 0 fully saturated rings. The average Bonchev–Trinajstić information content (AvgIpc) is 2.37. The van der Waals surface area contributed by atoms with Gasteiger partial charge in [0.15, 0.2) is 0 Å². The first kappa shape index (κ1) is 18.0. The highest BCUT2D eigenvalue weighted by Crippen LogP contribution is 2.36. The van der Waals surface area contributed by atoms with Crippen LogP contribution in [0.25, 0.3) is 0 Å². The van der Waals surface area contributed by atoms with Gasteiger partial charge in [-0.1, -0.05) is 11.6 Å². The fraction of sp³-hybridized carbons (Fsp3) is 0.308. The molecule has 2 N–H and O–H groups in total. The molecule has 0 radical (unpaired) electrons. The molecule has 0 aliphatic rings. The van der Waals surface area contributed by atoms with Crippen LogP contribution in [0, 0.1) is 0 Å². The first-order chi connectivity index (χ1) is 10.1. The summed E-state index contributed by atoms with van der Waals surface area (Å²) in [7, 11) is 0. The molecule has 0 aliphatic heterocycles. The number of carbonyl (C=O) groups is 2. The van der Waals surface area contributed by atoms with Gasteiger partial charge in [0.25, 0.3) is 0 Å². The maximum atomic E-state index is 12.7. The zero-order valence-corrected chi connectivity index (χ0v) is 12.5. The molecule has 5 nitrogen and oxygen atoms in total. The highest BCUT2D eigenvalue weighted by molar-refractivity contribution is 6.31. The van der Waals surface area contributed by atoms with Crippen LogP contribution < -0.4 is 10.7 Å². The number of hydrazone groups is 1. The van der Waals surface area contributed by atoms with Gasteiger partial charge in [-0.05, 0) is 25.1 Å². The van der Waals surface area contributed by atoms with Crippen molar-refractivity contribution in [1.29, 1.82) is 0 Å². The van der Waals surface area contributed by atoms with Crippen molar-refractivity contribution in [1.82, 2.24) is 5.43 Å². The predicted octanol–water partition coefficient (Wildman–Crippen LogP) is 3.20. The van der Waals surface area contributed by atoms with Crippen LogP contribution in [0.4, 0.5) is 18.9 Å². The van der Waals surface area contributed by atoms with Crippen LogP contribution in [-0.4, -0.2) is 17.5 Å². The minimum Gasteiger partial charge on any atom is -0.326 e. The summed E-state index contributed by atoms with van der Waals surface area (Å²) >= 11 is 5.48. The lowest BCUT2D eigenvalue weighted by atomic mass is 10.2. The van der Waals surface area contributed by atoms with Gasteiger partial charge in [0.05, 0.1) is 17.0 Å². The fourth-order valence-electron chi connectivity index (χ4n) is 1.47. The number of halogens is 4. The molecule has 1 aromatic rings. The summed E-state index contributed by atoms with van der Waals surface area (Å²) in [5, 5.41) is 5.49. The average molecular weight is 336 g/mol. The zero-order valence-electron chi connectivity index (χ0n) is 11.7. The molecule has 0 saturated carbocycles. The summed E-state index contributed by atoms with van der Waals surface area (Å²) in [6.07, 6.45) is -4.79. The second-order valence-electron chi connectivity index (χ2n) is 4.43. The van der Waals surface area contributed by atoms with Crippen molar-refractivity contribution in [2.24, 2.45) is 5.10 Å². The van der Waals surface area contributed by atoms with Crippen LogP contribution in [0.2, 0.25) is 5.02 Å². The number of nitrogens with one attached hydrogen (secondary N) is 2. The van der Waals surface area contributed by atoms with E-state index in [1.54, 1.807) is 0 Å². The monoisotopic (exact) mass is 335 g/mol. The molecular weight excluding hydrogens is 323 g/mol. The van der Waals surface area contributed by atoms with Crippen molar-refractivity contribution in [3.8, 4) is 0 Å². The van der Waals surface area contributed by atoms with Crippen molar-refractivity contribution in [2.75, 3.05) is 5.32 Å². The first-order valence-electron chi connectivity index (χ1n) is 6.06. The fourth-order valence-corrected chi connectivity index (χ4v) is 1.70. The maximum absolute atomic E-state index is 12.7. The highest BCUT2D eigenvalue weighted by atomic mass is 35.5. The van der Waals surface area contributed by atoms with E-state index >= 15 is 0 Å². The molecule has 0 saturated heterocycles. The summed E-state index contributed by atoms with van der Waals surface area (Å²) in [6, 6.07) is 3.06. The van der Waals surface area contributed by atoms with E-state index in [0.717, 1.165) is 12.1 Å². The lowest BCUT2D eigenvalue weighted by Gasteiger charge is -2.11. The molecule has 0 unspecified atom stereocenters. The standard InChI is InChI=1S/C13H13ClF3N3O2/c1-7(19-20-8(2)21)5-12(22)18-9-3-4-11(14)10(6-9)13(15,16)17/h3-4,6H,5H2,1-2H3,(H,18,22)(H,20,21). The largest absolute Gasteiger partial charge is 0.417 e. The summed E-state index contributed by atoms with van der Waals surface area (Å²) in [5.74, 6) is -0.964. The number of anilines is 1. The third-order valence-electron chi connectivity index (χ3n) is 2.38. The number of carbonyl (C=O) groups excluding carboxylic acids is 2. The van der Waals surface area contributed by atoms with Gasteiger partial charge in [-0.3, -0.25) is 9.59 Å². The molecule has 0 aliphatic carbocycles. The van der Waals surface area contributed by atoms with Crippen molar-refractivity contribution in [3.05, 3.63) is 28.8 Å². The second kappa shape index (κ2) is 7.26. The molecule has 0 atom stereocenters. The van der Waals surface area contributed by atoms with E-state index in [1.807, 2.05) is 0 Å². The lowest BCUT2D eigenvalue weighted by molar-refractivity contribution is -0.137. The Morgan fingerprint density at radius 3 is 2.45 bits per heavy atom. The van der Waals surface area contributed by atoms with Crippen molar-refractivity contribution < 1.29 is 22.8 Å². The SMILES string of the molecule is CC(=O)NN=C(C)CC(=O)Nc1ccc(Cl)c(C(F)(F)F)c1. The molecule has 1 aromatic carbocycles. The van der Waals surface area contributed by atoms with E-state index in [0.29, 0.717) is 5.71 Å². The van der Waals surface area contributed by atoms with Crippen molar-refractivity contribution >= 4 is 34.8 Å². The zero-order chi connectivity index (χ0) is 16.9. The van der Waals surface area contributed by atoms with Crippen LogP contribution >= 0.6 is 11.6 Å². The Kier molecular flexibility index (Phi) is 5.92. The smallest absolute Gasteiger partial charge is 0.326 e. The number of hydrogen-bond acceptors (Lipinski definition) is 3. The van der Waals surface area contributed by atoms with Crippen molar-refractivity contribution in [3.63, 3.8) is 0 Å². The van der Waals surface area contributed by atoms with E-state index in [1.165, 1.54) is 19.9 Å². The van der Waals surface area contributed by atoms with Crippen LogP contribution in [0.15, 0.2) is 23.3 Å². The second-order valence-corrected chi connectivity index (χ2v) is 4.84. The van der Waals surface area contributed by atoms with E-state index in [9.17, 15) is 22.8 Å². The van der Waals surface area contributed by atoms with Gasteiger partial charge in [0.1, 0.15) is 0 Å². The molecule has 9 heteroatoms. The van der Waals surface area contributed by atoms with E-state index in [4.69, 9.17) is 11.6 Å². The van der Waals surface area contributed by atoms with E-state index in [-0.39, 0.29) is 12.1 Å². The van der Waals surface area contributed by atoms with Gasteiger partial charge in [-0.25, -0.2) is 5.43 Å². The molecule has 22 heavy (non-hydrogen) atoms. The lowest BCUT2D eigenvalue weighted by Crippen LogP contribution is -2.19. The molecule has 0 aromatic heterocycles. The number of benzene rings is 1. The van der Waals surface area contributed by atoms with Gasteiger partial charge in [0, 0.05) is 18.3 Å². The van der Waals surface area contributed by atoms with E-state index < -0.39 is 28.6 Å². The summed E-state index contributed by atoms with van der Waals surface area (Å²) < 4.78 is 38.1. The Labute approximate surface area is 129 Å². The predicted molar refractivity (Wildman–Crippen MR) is 76.6 cm³/mol. The van der Waals surface area contributed by atoms with Gasteiger partial charge in [0.2, 0.25) is 11.8 Å². The van der Waals surface area contributed by atoms with Gasteiger partial charge in [-0.15, -0.1) is 0 Å². The van der Waals surface area contributed by atoms with E-state index in [2.05, 4.69) is 15.8 Å². The summed E-state index contributed by atoms with van der Waals surface area (Å²) in [5.41, 5.74) is 1.39. The normalized spacial score (nSPS) is 12.0. The molecule has 1 rings (SSSR count). The van der Waals surface area contributed by atoms with Gasteiger partial charge >= 0.3 is 6.18 Å².